The van der Waals surface area contributed by atoms with Gasteiger partial charge in [-0.1, -0.05) is 27.7 Å². The molecule has 0 fully saturated rings. The molecule has 0 aliphatic rings. The van der Waals surface area contributed by atoms with Crippen LogP contribution in [0.4, 0.5) is 0 Å². The van der Waals surface area contributed by atoms with Crippen LogP contribution < -0.4 is 5.32 Å². The average Bonchev–Trinajstić information content (AvgIpc) is 2.47. The summed E-state index contributed by atoms with van der Waals surface area (Å²) in [5, 5.41) is 11.1. The highest BCUT2D eigenvalue weighted by atomic mass is 16.4. The molecule has 0 aliphatic heterocycles. The van der Waals surface area contributed by atoms with E-state index in [2.05, 4.69) is 36.3 Å². The maximum Gasteiger partial charge on any atom is 0.230 e. The molecule has 74 valence electrons. The molecule has 0 amide bonds. The monoisotopic (exact) mass is 183 g/mol. The predicted molar refractivity (Wildman–Crippen MR) is 50.4 cm³/mol. The first-order valence-corrected chi connectivity index (χ1v) is 4.57. The molecule has 0 aromatic carbocycles. The molecule has 1 aromatic heterocycles. The number of nitrogens with one attached hydrogen (secondary N) is 1. The van der Waals surface area contributed by atoms with E-state index < -0.39 is 0 Å². The second kappa shape index (κ2) is 3.87. The van der Waals surface area contributed by atoms with Gasteiger partial charge in [-0.05, 0) is 6.54 Å². The van der Waals surface area contributed by atoms with Crippen LogP contribution in [0.5, 0.6) is 0 Å². The number of aromatic nitrogens is 2. The van der Waals surface area contributed by atoms with Gasteiger partial charge < -0.3 is 9.73 Å². The van der Waals surface area contributed by atoms with Crippen LogP contribution in [-0.4, -0.2) is 16.7 Å². The summed E-state index contributed by atoms with van der Waals surface area (Å²) in [6.07, 6.45) is 0. The molecule has 4 heteroatoms. The fraction of sp³-hybridized carbons (Fsp3) is 0.778. The molecule has 0 saturated carbocycles. The molecule has 1 rings (SSSR count). The standard InChI is InChI=1S/C9H17N3O/c1-5-10-6-7-11-12-8(13-7)9(2,3)4/h10H,5-6H2,1-4H3. The van der Waals surface area contributed by atoms with Gasteiger partial charge >= 0.3 is 0 Å². The number of nitrogens with zero attached hydrogens (tertiary/aromatic N) is 2. The quantitative estimate of drug-likeness (QED) is 0.771. The molecule has 1 heterocycles. The lowest BCUT2D eigenvalue weighted by Crippen LogP contribution is -2.12. The van der Waals surface area contributed by atoms with Gasteiger partial charge in [0.1, 0.15) is 0 Å². The molecular formula is C9H17N3O. The lowest BCUT2D eigenvalue weighted by molar-refractivity contribution is 0.365. The Bertz CT molecular complexity index is 262. The van der Waals surface area contributed by atoms with Crippen molar-refractivity contribution >= 4 is 0 Å². The molecular weight excluding hydrogens is 166 g/mol. The Morgan fingerprint density at radius 2 is 2.00 bits per heavy atom. The lowest BCUT2D eigenvalue weighted by Gasteiger charge is -2.10. The third-order valence-corrected chi connectivity index (χ3v) is 1.63. The van der Waals surface area contributed by atoms with Gasteiger partial charge in [0.05, 0.1) is 6.54 Å². The molecule has 4 nitrogen and oxygen atoms in total. The van der Waals surface area contributed by atoms with E-state index in [0.29, 0.717) is 18.3 Å². The molecule has 0 atom stereocenters. The van der Waals surface area contributed by atoms with Crippen LogP contribution in [0.3, 0.4) is 0 Å². The van der Waals surface area contributed by atoms with E-state index in [1.165, 1.54) is 0 Å². The van der Waals surface area contributed by atoms with E-state index in [0.717, 1.165) is 6.54 Å². The fourth-order valence-corrected chi connectivity index (χ4v) is 0.860. The van der Waals surface area contributed by atoms with Crippen molar-refractivity contribution in [3.63, 3.8) is 0 Å². The van der Waals surface area contributed by atoms with Gasteiger partial charge in [-0.2, -0.15) is 0 Å². The molecule has 0 unspecified atom stereocenters. The van der Waals surface area contributed by atoms with Crippen LogP contribution in [0.15, 0.2) is 4.42 Å². The smallest absolute Gasteiger partial charge is 0.230 e. The normalized spacial score (nSPS) is 12.0. The van der Waals surface area contributed by atoms with Gasteiger partial charge in [-0.3, -0.25) is 0 Å². The van der Waals surface area contributed by atoms with E-state index in [9.17, 15) is 0 Å². The van der Waals surface area contributed by atoms with Crippen molar-refractivity contribution in [2.45, 2.75) is 39.7 Å². The summed E-state index contributed by atoms with van der Waals surface area (Å²) < 4.78 is 5.47. The van der Waals surface area contributed by atoms with Gasteiger partial charge in [0.2, 0.25) is 11.8 Å². The van der Waals surface area contributed by atoms with Crippen LogP contribution >= 0.6 is 0 Å². The summed E-state index contributed by atoms with van der Waals surface area (Å²) in [4.78, 5) is 0. The molecule has 0 saturated heterocycles. The van der Waals surface area contributed by atoms with Crippen LogP contribution in [0.25, 0.3) is 0 Å². The van der Waals surface area contributed by atoms with Crippen molar-refractivity contribution in [3.8, 4) is 0 Å². The Kier molecular flexibility index (Phi) is 3.03. The van der Waals surface area contributed by atoms with Crippen molar-refractivity contribution in [2.24, 2.45) is 0 Å². The van der Waals surface area contributed by atoms with E-state index in [1.54, 1.807) is 0 Å². The minimum absolute atomic E-state index is 0.0581. The minimum Gasteiger partial charge on any atom is -0.423 e. The van der Waals surface area contributed by atoms with Gasteiger partial charge in [0.15, 0.2) is 0 Å². The highest BCUT2D eigenvalue weighted by molar-refractivity contribution is 4.95. The third kappa shape index (κ3) is 2.81. The molecule has 0 bridgehead atoms. The third-order valence-electron chi connectivity index (χ3n) is 1.63. The van der Waals surface area contributed by atoms with Crippen molar-refractivity contribution in [2.75, 3.05) is 6.54 Å². The molecule has 0 spiro atoms. The average molecular weight is 183 g/mol. The largest absolute Gasteiger partial charge is 0.423 e. The molecule has 0 aliphatic carbocycles. The first-order valence-electron chi connectivity index (χ1n) is 4.57. The molecule has 0 radical (unpaired) electrons. The second-order valence-corrected chi connectivity index (χ2v) is 4.03. The summed E-state index contributed by atoms with van der Waals surface area (Å²) in [6.45, 7) is 9.76. The Labute approximate surface area is 78.7 Å². The highest BCUT2D eigenvalue weighted by Crippen LogP contribution is 2.19. The summed E-state index contributed by atoms with van der Waals surface area (Å²) in [7, 11) is 0. The van der Waals surface area contributed by atoms with E-state index in [4.69, 9.17) is 4.42 Å². The van der Waals surface area contributed by atoms with Crippen LogP contribution in [0.2, 0.25) is 0 Å². The number of rotatable bonds is 3. The summed E-state index contributed by atoms with van der Waals surface area (Å²) >= 11 is 0. The molecule has 1 aromatic rings. The first kappa shape index (κ1) is 10.2. The van der Waals surface area contributed by atoms with Crippen LogP contribution in [0, 0.1) is 0 Å². The number of hydrogen-bond acceptors (Lipinski definition) is 4. The zero-order chi connectivity index (χ0) is 9.90. The molecule has 1 N–H and O–H groups in total. The van der Waals surface area contributed by atoms with Crippen molar-refractivity contribution in [1.29, 1.82) is 0 Å². The summed E-state index contributed by atoms with van der Waals surface area (Å²) in [5.41, 5.74) is -0.0581. The zero-order valence-corrected chi connectivity index (χ0v) is 8.72. The van der Waals surface area contributed by atoms with Crippen molar-refractivity contribution < 1.29 is 4.42 Å². The zero-order valence-electron chi connectivity index (χ0n) is 8.72. The van der Waals surface area contributed by atoms with Gasteiger partial charge in [0.25, 0.3) is 0 Å². The van der Waals surface area contributed by atoms with Gasteiger partial charge in [0, 0.05) is 5.41 Å². The van der Waals surface area contributed by atoms with E-state index in [-0.39, 0.29) is 5.41 Å². The second-order valence-electron chi connectivity index (χ2n) is 4.03. The van der Waals surface area contributed by atoms with Crippen LogP contribution in [0.1, 0.15) is 39.5 Å². The topological polar surface area (TPSA) is 51.0 Å². The summed E-state index contributed by atoms with van der Waals surface area (Å²) in [5.74, 6) is 1.35. The Hall–Kier alpha value is -0.900. The van der Waals surface area contributed by atoms with E-state index in [1.807, 2.05) is 6.92 Å². The maximum absolute atomic E-state index is 5.47. The Morgan fingerprint density at radius 3 is 2.46 bits per heavy atom. The van der Waals surface area contributed by atoms with Crippen LogP contribution in [-0.2, 0) is 12.0 Å². The Morgan fingerprint density at radius 1 is 1.31 bits per heavy atom. The number of hydrogen-bond donors (Lipinski definition) is 1. The summed E-state index contributed by atoms with van der Waals surface area (Å²) in [6, 6.07) is 0. The highest BCUT2D eigenvalue weighted by Gasteiger charge is 2.20. The fourth-order valence-electron chi connectivity index (χ4n) is 0.860. The van der Waals surface area contributed by atoms with Crippen molar-refractivity contribution in [3.05, 3.63) is 11.8 Å². The SMILES string of the molecule is CCNCc1nnc(C(C)(C)C)o1. The predicted octanol–water partition coefficient (Wildman–Crippen LogP) is 1.48. The van der Waals surface area contributed by atoms with Crippen molar-refractivity contribution in [1.82, 2.24) is 15.5 Å². The Balaban J connectivity index is 2.64. The molecule has 13 heavy (non-hydrogen) atoms. The van der Waals surface area contributed by atoms with Gasteiger partial charge in [-0.25, -0.2) is 0 Å². The minimum atomic E-state index is -0.0581. The van der Waals surface area contributed by atoms with Gasteiger partial charge in [-0.15, -0.1) is 10.2 Å². The van der Waals surface area contributed by atoms with E-state index >= 15 is 0 Å². The maximum atomic E-state index is 5.47. The lowest BCUT2D eigenvalue weighted by atomic mass is 9.97. The first-order chi connectivity index (χ1) is 6.04.